The average Bonchev–Trinajstić information content (AvgIpc) is 3.63. The highest BCUT2D eigenvalue weighted by Gasteiger charge is 2.16. The number of nitrogens with zero attached hydrogens (tertiary/aromatic N) is 2. The van der Waals surface area contributed by atoms with Crippen LogP contribution in [0.1, 0.15) is 31.7 Å². The molecule has 8 rings (SSSR count). The summed E-state index contributed by atoms with van der Waals surface area (Å²) >= 11 is 0. The summed E-state index contributed by atoms with van der Waals surface area (Å²) in [6, 6.07) is 62.2. The van der Waals surface area contributed by atoms with E-state index in [9.17, 15) is 0 Å². The summed E-state index contributed by atoms with van der Waals surface area (Å²) in [5.41, 5.74) is 14.4. The van der Waals surface area contributed by atoms with Crippen LogP contribution in [0.4, 0.5) is 17.1 Å². The van der Waals surface area contributed by atoms with Crippen LogP contribution in [0.25, 0.3) is 55.9 Å². The van der Waals surface area contributed by atoms with Crippen molar-refractivity contribution in [3.63, 3.8) is 0 Å². The van der Waals surface area contributed by atoms with Crippen molar-refractivity contribution in [3.8, 4) is 44.8 Å². The number of hydrogen-bond acceptors (Lipinski definition) is 3. The van der Waals surface area contributed by atoms with Crippen LogP contribution in [0.3, 0.4) is 0 Å². The Morgan fingerprint density at radius 3 is 1.50 bits per heavy atom. The minimum Gasteiger partial charge on any atom is -0.436 e. The van der Waals surface area contributed by atoms with Gasteiger partial charge in [-0.3, -0.25) is 0 Å². The van der Waals surface area contributed by atoms with Gasteiger partial charge in [0.05, 0.1) is 0 Å². The molecule has 50 heavy (non-hydrogen) atoms. The number of para-hydroxylation sites is 2. The molecule has 1 atom stereocenters. The zero-order chi connectivity index (χ0) is 33.9. The molecule has 1 aromatic heterocycles. The molecule has 7 aromatic carbocycles. The molecule has 0 radical (unpaired) electrons. The summed E-state index contributed by atoms with van der Waals surface area (Å²) in [6.45, 7) is 4.46. The topological polar surface area (TPSA) is 29.3 Å². The fraction of sp³-hybridized carbons (Fsp3) is 0.0851. The standard InChI is InChI=1S/C47H38N2O/c1-3-33(2)37-28-31-46-45(32-37)48-47(50-46)36-24-22-34(23-25-36)41-18-10-12-20-43(41)44-21-13-11-19-42(44)35-26-29-40(30-27-35)49(38-14-6-4-7-15-38)39-16-8-5-9-17-39/h4-33H,3H2,1-2H3. The predicted octanol–water partition coefficient (Wildman–Crippen LogP) is 13.5. The van der Waals surface area contributed by atoms with Crippen LogP contribution in [0, 0.1) is 0 Å². The van der Waals surface area contributed by atoms with Gasteiger partial charge in [-0.05, 0) is 112 Å². The number of benzene rings is 7. The molecule has 0 saturated heterocycles. The van der Waals surface area contributed by atoms with Gasteiger partial charge in [0.15, 0.2) is 5.58 Å². The molecule has 3 heteroatoms. The van der Waals surface area contributed by atoms with Gasteiger partial charge in [0, 0.05) is 22.6 Å². The summed E-state index contributed by atoms with van der Waals surface area (Å²) in [7, 11) is 0. The highest BCUT2D eigenvalue weighted by Crippen LogP contribution is 2.40. The summed E-state index contributed by atoms with van der Waals surface area (Å²) in [5.74, 6) is 1.14. The van der Waals surface area contributed by atoms with Crippen molar-refractivity contribution in [3.05, 3.63) is 181 Å². The first-order chi connectivity index (χ1) is 24.7. The number of anilines is 3. The van der Waals surface area contributed by atoms with Crippen LogP contribution in [0.15, 0.2) is 180 Å². The summed E-state index contributed by atoms with van der Waals surface area (Å²) < 4.78 is 6.18. The van der Waals surface area contributed by atoms with E-state index in [4.69, 9.17) is 9.40 Å². The van der Waals surface area contributed by atoms with Crippen LogP contribution < -0.4 is 4.90 Å². The molecular weight excluding hydrogens is 609 g/mol. The van der Waals surface area contributed by atoms with Gasteiger partial charge >= 0.3 is 0 Å². The largest absolute Gasteiger partial charge is 0.436 e. The monoisotopic (exact) mass is 646 g/mol. The van der Waals surface area contributed by atoms with Crippen molar-refractivity contribution < 1.29 is 4.42 Å². The van der Waals surface area contributed by atoms with Crippen molar-refractivity contribution in [1.82, 2.24) is 4.98 Å². The second-order valence-corrected chi connectivity index (χ2v) is 12.8. The lowest BCUT2D eigenvalue weighted by atomic mass is 9.89. The normalized spacial score (nSPS) is 11.8. The molecule has 0 aliphatic rings. The van der Waals surface area contributed by atoms with Crippen molar-refractivity contribution in [2.24, 2.45) is 0 Å². The van der Waals surface area contributed by atoms with Gasteiger partial charge in [0.25, 0.3) is 0 Å². The Labute approximate surface area is 294 Å². The molecule has 0 aliphatic carbocycles. The minimum absolute atomic E-state index is 0.494. The maximum Gasteiger partial charge on any atom is 0.227 e. The highest BCUT2D eigenvalue weighted by molar-refractivity contribution is 5.92. The second-order valence-electron chi connectivity index (χ2n) is 12.8. The van der Waals surface area contributed by atoms with Gasteiger partial charge in [0.2, 0.25) is 5.89 Å². The van der Waals surface area contributed by atoms with E-state index in [0.717, 1.165) is 45.7 Å². The molecule has 3 nitrogen and oxygen atoms in total. The van der Waals surface area contributed by atoms with E-state index in [1.54, 1.807) is 0 Å². The predicted molar refractivity (Wildman–Crippen MR) is 209 cm³/mol. The Morgan fingerprint density at radius 2 is 0.960 bits per heavy atom. The minimum atomic E-state index is 0.494. The van der Waals surface area contributed by atoms with E-state index in [1.807, 2.05) is 6.07 Å². The summed E-state index contributed by atoms with van der Waals surface area (Å²) in [6.07, 6.45) is 1.10. The van der Waals surface area contributed by atoms with Crippen molar-refractivity contribution in [2.75, 3.05) is 4.90 Å². The molecule has 0 bridgehead atoms. The van der Waals surface area contributed by atoms with E-state index in [2.05, 4.69) is 189 Å². The molecule has 0 saturated carbocycles. The van der Waals surface area contributed by atoms with E-state index < -0.39 is 0 Å². The Bertz CT molecular complexity index is 2320. The third kappa shape index (κ3) is 6.10. The number of rotatable bonds is 9. The van der Waals surface area contributed by atoms with E-state index in [0.29, 0.717) is 11.8 Å². The smallest absolute Gasteiger partial charge is 0.227 e. The fourth-order valence-electron chi connectivity index (χ4n) is 6.73. The third-order valence-corrected chi connectivity index (χ3v) is 9.65. The maximum absolute atomic E-state index is 6.18. The fourth-order valence-corrected chi connectivity index (χ4v) is 6.73. The second kappa shape index (κ2) is 13.7. The van der Waals surface area contributed by atoms with Crippen LogP contribution in [0.2, 0.25) is 0 Å². The SMILES string of the molecule is CCC(C)c1ccc2oc(-c3ccc(-c4ccccc4-c4ccccc4-c4ccc(N(c5ccccc5)c5ccccc5)cc4)cc3)nc2c1. The van der Waals surface area contributed by atoms with Crippen LogP contribution >= 0.6 is 0 Å². The Balaban J connectivity index is 1.11. The molecule has 0 N–H and O–H groups in total. The molecular formula is C47H38N2O. The van der Waals surface area contributed by atoms with Crippen molar-refractivity contribution in [1.29, 1.82) is 0 Å². The Hall–Kier alpha value is -6.19. The van der Waals surface area contributed by atoms with Crippen LogP contribution in [0.5, 0.6) is 0 Å². The zero-order valence-corrected chi connectivity index (χ0v) is 28.3. The first-order valence-electron chi connectivity index (χ1n) is 17.4. The summed E-state index contributed by atoms with van der Waals surface area (Å²) in [4.78, 5) is 7.15. The molecule has 0 fully saturated rings. The number of fused-ring (bicyclic) bond motifs is 1. The number of hydrogen-bond donors (Lipinski definition) is 0. The lowest BCUT2D eigenvalue weighted by Gasteiger charge is -2.25. The Kier molecular flexibility index (Phi) is 8.54. The van der Waals surface area contributed by atoms with Gasteiger partial charge in [-0.1, -0.05) is 129 Å². The van der Waals surface area contributed by atoms with Crippen molar-refractivity contribution >= 4 is 28.2 Å². The molecule has 0 aliphatic heterocycles. The molecule has 1 heterocycles. The van der Waals surface area contributed by atoms with Gasteiger partial charge in [-0.15, -0.1) is 0 Å². The average molecular weight is 647 g/mol. The molecule has 0 amide bonds. The van der Waals surface area contributed by atoms with Crippen LogP contribution in [-0.4, -0.2) is 4.98 Å². The lowest BCUT2D eigenvalue weighted by Crippen LogP contribution is -2.09. The van der Waals surface area contributed by atoms with E-state index in [1.165, 1.54) is 33.4 Å². The number of oxazole rings is 1. The maximum atomic E-state index is 6.18. The van der Waals surface area contributed by atoms with Gasteiger partial charge in [0.1, 0.15) is 5.52 Å². The highest BCUT2D eigenvalue weighted by atomic mass is 16.3. The van der Waals surface area contributed by atoms with Gasteiger partial charge < -0.3 is 9.32 Å². The first kappa shape index (κ1) is 31.1. The summed E-state index contributed by atoms with van der Waals surface area (Å²) in [5, 5.41) is 0. The molecule has 0 spiro atoms. The lowest BCUT2D eigenvalue weighted by molar-refractivity contribution is 0.619. The molecule has 8 aromatic rings. The quantitative estimate of drug-likeness (QED) is 0.156. The van der Waals surface area contributed by atoms with E-state index >= 15 is 0 Å². The Morgan fingerprint density at radius 1 is 0.500 bits per heavy atom. The van der Waals surface area contributed by atoms with Gasteiger partial charge in [-0.2, -0.15) is 0 Å². The zero-order valence-electron chi connectivity index (χ0n) is 28.3. The van der Waals surface area contributed by atoms with Crippen molar-refractivity contribution in [2.45, 2.75) is 26.2 Å². The molecule has 242 valence electrons. The molecule has 1 unspecified atom stereocenters. The van der Waals surface area contributed by atoms with E-state index in [-0.39, 0.29) is 0 Å². The van der Waals surface area contributed by atoms with Gasteiger partial charge in [-0.25, -0.2) is 4.98 Å². The third-order valence-electron chi connectivity index (χ3n) is 9.65. The first-order valence-corrected chi connectivity index (χ1v) is 17.4. The number of aromatic nitrogens is 1. The van der Waals surface area contributed by atoms with Crippen LogP contribution in [-0.2, 0) is 0 Å².